The summed E-state index contributed by atoms with van der Waals surface area (Å²) in [6.07, 6.45) is -0.299. The Hall–Kier alpha value is -2.08. The number of carbonyl (C=O) groups excluding carboxylic acids is 2. The summed E-state index contributed by atoms with van der Waals surface area (Å²) in [5.41, 5.74) is 0.583. The molecule has 1 aliphatic rings. The summed E-state index contributed by atoms with van der Waals surface area (Å²) in [6.45, 7) is 7.65. The molecule has 138 valence electrons. The van der Waals surface area contributed by atoms with Gasteiger partial charge in [0.2, 0.25) is 5.91 Å². The molecule has 0 aliphatic carbocycles. The average Bonchev–Trinajstić information content (AvgIpc) is 2.54. The fourth-order valence-electron chi connectivity index (χ4n) is 2.81. The molecule has 0 radical (unpaired) electrons. The van der Waals surface area contributed by atoms with Gasteiger partial charge in [0, 0.05) is 33.7 Å². The van der Waals surface area contributed by atoms with Gasteiger partial charge >= 0.3 is 6.09 Å². The molecular weight excluding hydrogens is 318 g/mol. The lowest BCUT2D eigenvalue weighted by molar-refractivity contribution is -0.131. The van der Waals surface area contributed by atoms with Crippen LogP contribution < -0.4 is 0 Å². The Bertz CT molecular complexity index is 596. The smallest absolute Gasteiger partial charge is 0.410 e. The second kappa shape index (κ2) is 7.87. The molecule has 1 fully saturated rings. The van der Waals surface area contributed by atoms with E-state index in [-0.39, 0.29) is 18.0 Å². The fourth-order valence-corrected chi connectivity index (χ4v) is 2.81. The second-order valence-corrected chi connectivity index (χ2v) is 7.61. The largest absolute Gasteiger partial charge is 0.444 e. The van der Waals surface area contributed by atoms with E-state index in [0.29, 0.717) is 26.2 Å². The molecule has 1 aromatic rings. The highest BCUT2D eigenvalue weighted by Gasteiger charge is 2.33. The number of hydrogen-bond acceptors (Lipinski definition) is 4. The molecule has 2 amide bonds. The van der Waals surface area contributed by atoms with Gasteiger partial charge in [-0.2, -0.15) is 0 Å². The van der Waals surface area contributed by atoms with Gasteiger partial charge in [-0.15, -0.1) is 0 Å². The van der Waals surface area contributed by atoms with Crippen LogP contribution in [0.4, 0.5) is 4.79 Å². The van der Waals surface area contributed by atoms with Crippen molar-refractivity contribution in [3.8, 4) is 0 Å². The minimum atomic E-state index is -0.517. The van der Waals surface area contributed by atoms with Gasteiger partial charge in [0.25, 0.3) is 0 Å². The minimum absolute atomic E-state index is 0.0219. The van der Waals surface area contributed by atoms with Crippen LogP contribution in [0.25, 0.3) is 0 Å². The molecular formula is C19H29N3O3. The average molecular weight is 347 g/mol. The van der Waals surface area contributed by atoms with Gasteiger partial charge in [0.15, 0.2) is 0 Å². The number of amides is 2. The zero-order chi connectivity index (χ0) is 18.6. The van der Waals surface area contributed by atoms with E-state index >= 15 is 0 Å². The van der Waals surface area contributed by atoms with Gasteiger partial charge in [0.05, 0.1) is 12.6 Å². The first-order chi connectivity index (χ1) is 11.7. The number of likely N-dealkylation sites (N-methyl/N-ethyl adjacent to an activating group) is 1. The van der Waals surface area contributed by atoms with Gasteiger partial charge in [-0.1, -0.05) is 30.3 Å². The van der Waals surface area contributed by atoms with Crippen molar-refractivity contribution in [1.82, 2.24) is 14.7 Å². The molecule has 1 aromatic carbocycles. The first-order valence-electron chi connectivity index (χ1n) is 8.64. The summed E-state index contributed by atoms with van der Waals surface area (Å²) in [5, 5.41) is 0. The summed E-state index contributed by atoms with van der Waals surface area (Å²) in [6, 6.07) is 9.98. The van der Waals surface area contributed by atoms with Crippen molar-refractivity contribution in [3.63, 3.8) is 0 Å². The summed E-state index contributed by atoms with van der Waals surface area (Å²) in [7, 11) is 3.52. The van der Waals surface area contributed by atoms with Crippen LogP contribution in [0.15, 0.2) is 30.3 Å². The van der Waals surface area contributed by atoms with Crippen LogP contribution >= 0.6 is 0 Å². The Balaban J connectivity index is 2.16. The summed E-state index contributed by atoms with van der Waals surface area (Å²) in [5.74, 6) is 0.0617. The molecule has 0 aromatic heterocycles. The predicted molar refractivity (Wildman–Crippen MR) is 97.3 cm³/mol. The van der Waals surface area contributed by atoms with Crippen LogP contribution in [-0.2, 0) is 9.53 Å². The molecule has 2 rings (SSSR count). The zero-order valence-corrected chi connectivity index (χ0v) is 15.9. The van der Waals surface area contributed by atoms with Crippen molar-refractivity contribution in [3.05, 3.63) is 35.9 Å². The van der Waals surface area contributed by atoms with Crippen molar-refractivity contribution in [2.24, 2.45) is 0 Å². The minimum Gasteiger partial charge on any atom is -0.444 e. The van der Waals surface area contributed by atoms with E-state index in [1.807, 2.05) is 51.1 Å². The third-order valence-electron chi connectivity index (χ3n) is 4.16. The van der Waals surface area contributed by atoms with Gasteiger partial charge in [-0.3, -0.25) is 9.69 Å². The van der Waals surface area contributed by atoms with Crippen LogP contribution in [0.1, 0.15) is 32.4 Å². The number of piperazine rings is 1. The van der Waals surface area contributed by atoms with Crippen molar-refractivity contribution in [1.29, 1.82) is 0 Å². The van der Waals surface area contributed by atoms with Crippen molar-refractivity contribution >= 4 is 12.0 Å². The number of carbonyl (C=O) groups is 2. The zero-order valence-electron chi connectivity index (χ0n) is 15.9. The predicted octanol–water partition coefficient (Wildman–Crippen LogP) is 2.37. The fraction of sp³-hybridized carbons (Fsp3) is 0.579. The number of ether oxygens (including phenoxy) is 1. The lowest BCUT2D eigenvalue weighted by Gasteiger charge is -2.41. The van der Waals surface area contributed by atoms with Crippen LogP contribution in [-0.4, -0.2) is 72.6 Å². The van der Waals surface area contributed by atoms with E-state index in [2.05, 4.69) is 4.90 Å². The monoisotopic (exact) mass is 347 g/mol. The molecule has 6 heteroatoms. The Morgan fingerprint density at radius 2 is 1.80 bits per heavy atom. The molecule has 1 unspecified atom stereocenters. The molecule has 0 spiro atoms. The van der Waals surface area contributed by atoms with Crippen LogP contribution in [0.5, 0.6) is 0 Å². The van der Waals surface area contributed by atoms with E-state index in [1.54, 1.807) is 23.9 Å². The second-order valence-electron chi connectivity index (χ2n) is 7.61. The highest BCUT2D eigenvalue weighted by atomic mass is 16.6. The summed E-state index contributed by atoms with van der Waals surface area (Å²) >= 11 is 0. The Morgan fingerprint density at radius 1 is 1.16 bits per heavy atom. The maximum absolute atomic E-state index is 12.4. The van der Waals surface area contributed by atoms with E-state index in [4.69, 9.17) is 4.74 Å². The Labute approximate surface area is 150 Å². The SMILES string of the molecule is CN(C)C(=O)CN1CCN(C(=O)OC(C)(C)C)CC1c1ccccc1. The molecule has 0 bridgehead atoms. The molecule has 6 nitrogen and oxygen atoms in total. The lowest BCUT2D eigenvalue weighted by atomic mass is 10.0. The highest BCUT2D eigenvalue weighted by Crippen LogP contribution is 2.26. The maximum Gasteiger partial charge on any atom is 0.410 e. The normalized spacial score (nSPS) is 18.8. The van der Waals surface area contributed by atoms with E-state index < -0.39 is 5.60 Å². The van der Waals surface area contributed by atoms with Crippen molar-refractivity contribution < 1.29 is 14.3 Å². The first kappa shape index (κ1) is 19.2. The van der Waals surface area contributed by atoms with Crippen molar-refractivity contribution in [2.45, 2.75) is 32.4 Å². The van der Waals surface area contributed by atoms with Crippen molar-refractivity contribution in [2.75, 3.05) is 40.3 Å². The van der Waals surface area contributed by atoms with E-state index in [9.17, 15) is 9.59 Å². The third kappa shape index (κ3) is 5.46. The van der Waals surface area contributed by atoms with Gasteiger partial charge in [0.1, 0.15) is 5.60 Å². The maximum atomic E-state index is 12.4. The van der Waals surface area contributed by atoms with E-state index in [1.165, 1.54) is 0 Å². The van der Waals surface area contributed by atoms with Gasteiger partial charge < -0.3 is 14.5 Å². The summed E-state index contributed by atoms with van der Waals surface area (Å²) < 4.78 is 5.51. The lowest BCUT2D eigenvalue weighted by Crippen LogP contribution is -2.53. The first-order valence-corrected chi connectivity index (χ1v) is 8.64. The topological polar surface area (TPSA) is 53.1 Å². The van der Waals surface area contributed by atoms with Crippen LogP contribution in [0, 0.1) is 0 Å². The quantitative estimate of drug-likeness (QED) is 0.842. The number of benzene rings is 1. The standard InChI is InChI=1S/C19H29N3O3/c1-19(2,3)25-18(24)22-12-11-21(14-17(23)20(4)5)16(13-22)15-9-7-6-8-10-15/h6-10,16H,11-14H2,1-5H3. The molecule has 0 saturated carbocycles. The van der Waals surface area contributed by atoms with Crippen LogP contribution in [0.2, 0.25) is 0 Å². The van der Waals surface area contributed by atoms with Crippen LogP contribution in [0.3, 0.4) is 0 Å². The Morgan fingerprint density at radius 3 is 2.36 bits per heavy atom. The van der Waals surface area contributed by atoms with E-state index in [0.717, 1.165) is 5.56 Å². The Kier molecular flexibility index (Phi) is 6.06. The van der Waals surface area contributed by atoms with Gasteiger partial charge in [-0.25, -0.2) is 4.79 Å². The third-order valence-corrected chi connectivity index (χ3v) is 4.16. The highest BCUT2D eigenvalue weighted by molar-refractivity contribution is 5.77. The number of rotatable bonds is 3. The number of hydrogen-bond donors (Lipinski definition) is 0. The molecule has 25 heavy (non-hydrogen) atoms. The number of nitrogens with zero attached hydrogens (tertiary/aromatic N) is 3. The molecule has 1 atom stereocenters. The molecule has 1 heterocycles. The molecule has 1 saturated heterocycles. The van der Waals surface area contributed by atoms with Gasteiger partial charge in [-0.05, 0) is 26.3 Å². The molecule has 0 N–H and O–H groups in total. The molecule has 1 aliphatic heterocycles. The summed E-state index contributed by atoms with van der Waals surface area (Å²) in [4.78, 5) is 30.1.